The molecule has 1 aliphatic rings. The van der Waals surface area contributed by atoms with E-state index >= 15 is 0 Å². The fraction of sp³-hybridized carbons (Fsp3) is 0.222. The second-order valence-electron chi connectivity index (χ2n) is 5.79. The molecule has 0 saturated heterocycles. The maximum atomic E-state index is 14.2. The van der Waals surface area contributed by atoms with E-state index in [1.54, 1.807) is 0 Å². The summed E-state index contributed by atoms with van der Waals surface area (Å²) < 4.78 is 55.1. The highest BCUT2D eigenvalue weighted by atomic mass is 19.2. The zero-order valence-electron chi connectivity index (χ0n) is 13.4. The molecule has 1 heterocycles. The third-order valence-electron chi connectivity index (χ3n) is 4.15. The van der Waals surface area contributed by atoms with Crippen molar-refractivity contribution in [2.24, 2.45) is 16.5 Å². The molecule has 0 saturated carbocycles. The van der Waals surface area contributed by atoms with Crippen LogP contribution in [-0.4, -0.2) is 23.4 Å². The van der Waals surface area contributed by atoms with Gasteiger partial charge in [-0.05, 0) is 35.2 Å². The van der Waals surface area contributed by atoms with Crippen LogP contribution in [-0.2, 0) is 13.0 Å². The molecule has 9 heteroatoms. The highest BCUT2D eigenvalue weighted by Crippen LogP contribution is 2.34. The van der Waals surface area contributed by atoms with E-state index in [4.69, 9.17) is 11.5 Å². The van der Waals surface area contributed by atoms with E-state index in [0.717, 1.165) is 6.07 Å². The molecule has 0 atom stereocenters. The van der Waals surface area contributed by atoms with Crippen LogP contribution < -0.4 is 11.5 Å². The highest BCUT2D eigenvalue weighted by molar-refractivity contribution is 5.90. The van der Waals surface area contributed by atoms with Crippen molar-refractivity contribution in [1.29, 1.82) is 0 Å². The number of urea groups is 1. The van der Waals surface area contributed by atoms with Crippen LogP contribution in [0.25, 0.3) is 11.1 Å². The quantitative estimate of drug-likeness (QED) is 0.344. The van der Waals surface area contributed by atoms with Crippen LogP contribution in [0.4, 0.5) is 22.4 Å². The van der Waals surface area contributed by atoms with Crippen molar-refractivity contribution in [1.82, 2.24) is 4.90 Å². The maximum Gasteiger partial charge on any atom is 0.347 e. The number of guanidine groups is 1. The zero-order chi connectivity index (χ0) is 19.0. The van der Waals surface area contributed by atoms with Gasteiger partial charge in [-0.3, -0.25) is 0 Å². The smallest absolute Gasteiger partial charge is 0.347 e. The number of rotatable bonds is 1. The van der Waals surface area contributed by atoms with Gasteiger partial charge in [0.2, 0.25) is 0 Å². The number of halogens is 4. The fourth-order valence-electron chi connectivity index (χ4n) is 2.96. The summed E-state index contributed by atoms with van der Waals surface area (Å²) in [6, 6.07) is 2.79. The van der Waals surface area contributed by atoms with Crippen LogP contribution in [0.1, 0.15) is 18.6 Å². The number of fused-ring (bicyclic) bond motifs is 1. The molecule has 3 rings (SSSR count). The SMILES string of the molecule is C.NC(N)=NC(=O)N1CCc2c(F)ccc(-c3cc(F)c(F)cc3F)c2C1. The second kappa shape index (κ2) is 7.65. The molecule has 0 fully saturated rings. The van der Waals surface area contributed by atoms with Crippen LogP contribution >= 0.6 is 0 Å². The van der Waals surface area contributed by atoms with Crippen LogP contribution in [0.3, 0.4) is 0 Å². The van der Waals surface area contributed by atoms with E-state index in [1.165, 1.54) is 11.0 Å². The Kier molecular flexibility index (Phi) is 5.72. The Morgan fingerprint density at radius 1 is 0.926 bits per heavy atom. The molecule has 2 amide bonds. The van der Waals surface area contributed by atoms with Crippen LogP contribution in [0.2, 0.25) is 0 Å². The largest absolute Gasteiger partial charge is 0.370 e. The molecule has 1 aliphatic heterocycles. The van der Waals surface area contributed by atoms with E-state index < -0.39 is 35.3 Å². The van der Waals surface area contributed by atoms with E-state index in [0.29, 0.717) is 17.7 Å². The van der Waals surface area contributed by atoms with E-state index in [2.05, 4.69) is 4.99 Å². The molecular formula is C18H18F4N4O. The molecule has 0 radical (unpaired) electrons. The number of carbonyl (C=O) groups excluding carboxylic acids is 1. The van der Waals surface area contributed by atoms with Crippen LogP contribution in [0.5, 0.6) is 0 Å². The lowest BCUT2D eigenvalue weighted by atomic mass is 9.90. The molecule has 4 N–H and O–H groups in total. The van der Waals surface area contributed by atoms with Crippen LogP contribution in [0.15, 0.2) is 29.3 Å². The number of benzene rings is 2. The van der Waals surface area contributed by atoms with Crippen LogP contribution in [0, 0.1) is 23.3 Å². The number of hydrogen-bond acceptors (Lipinski definition) is 1. The van der Waals surface area contributed by atoms with Gasteiger partial charge in [0.1, 0.15) is 11.6 Å². The van der Waals surface area contributed by atoms with E-state index in [1.807, 2.05) is 0 Å². The number of carbonyl (C=O) groups is 1. The number of nitrogens with two attached hydrogens (primary N) is 2. The summed E-state index contributed by atoms with van der Waals surface area (Å²) in [7, 11) is 0. The molecule has 144 valence electrons. The van der Waals surface area contributed by atoms with Gasteiger partial charge in [-0.1, -0.05) is 13.5 Å². The molecule has 2 aromatic rings. The molecule has 5 nitrogen and oxygen atoms in total. The average Bonchev–Trinajstić information content (AvgIpc) is 2.58. The Bertz CT molecular complexity index is 926. The topological polar surface area (TPSA) is 84.7 Å². The van der Waals surface area contributed by atoms with Gasteiger partial charge in [-0.25, -0.2) is 22.4 Å². The third kappa shape index (κ3) is 3.86. The summed E-state index contributed by atoms with van der Waals surface area (Å²) in [6.45, 7) is 0.0553. The van der Waals surface area contributed by atoms with Gasteiger partial charge in [-0.15, -0.1) is 0 Å². The molecular weight excluding hydrogens is 364 g/mol. The van der Waals surface area contributed by atoms with Gasteiger partial charge in [-0.2, -0.15) is 4.99 Å². The predicted molar refractivity (Wildman–Crippen MR) is 93.8 cm³/mol. The first-order valence-electron chi connectivity index (χ1n) is 7.61. The monoisotopic (exact) mass is 382 g/mol. The molecule has 0 bridgehead atoms. The van der Waals surface area contributed by atoms with Gasteiger partial charge in [0, 0.05) is 24.7 Å². The lowest BCUT2D eigenvalue weighted by Crippen LogP contribution is -2.37. The van der Waals surface area contributed by atoms with Crippen molar-refractivity contribution >= 4 is 12.0 Å². The van der Waals surface area contributed by atoms with Crippen molar-refractivity contribution in [2.45, 2.75) is 20.4 Å². The summed E-state index contributed by atoms with van der Waals surface area (Å²) >= 11 is 0. The van der Waals surface area contributed by atoms with Gasteiger partial charge < -0.3 is 16.4 Å². The Morgan fingerprint density at radius 2 is 1.59 bits per heavy atom. The molecule has 0 aliphatic carbocycles. The number of amides is 2. The Balaban J connectivity index is 0.00000261. The fourth-order valence-corrected chi connectivity index (χ4v) is 2.96. The molecule has 0 aromatic heterocycles. The van der Waals surface area contributed by atoms with Gasteiger partial charge in [0.25, 0.3) is 0 Å². The Morgan fingerprint density at radius 3 is 2.26 bits per heavy atom. The zero-order valence-corrected chi connectivity index (χ0v) is 13.4. The van der Waals surface area contributed by atoms with E-state index in [9.17, 15) is 22.4 Å². The van der Waals surface area contributed by atoms with Crippen molar-refractivity contribution in [3.05, 3.63) is 58.7 Å². The predicted octanol–water partition coefficient (Wildman–Crippen LogP) is 3.30. The van der Waals surface area contributed by atoms with E-state index in [-0.39, 0.29) is 43.6 Å². The Labute approximate surface area is 153 Å². The first kappa shape index (κ1) is 20.2. The standard InChI is InChI=1S/C17H14F4N4O.CH4/c18-12-2-1-8(10-5-14(20)15(21)6-13(10)19)11-7-25(4-3-9(11)12)17(26)24-16(22)23;/h1-2,5-6H,3-4,7H2,(H4,22,23,24,26);1H4. The first-order chi connectivity index (χ1) is 12.3. The minimum atomic E-state index is -1.33. The summed E-state index contributed by atoms with van der Waals surface area (Å²) in [4.78, 5) is 16.7. The normalized spacial score (nSPS) is 12.8. The minimum absolute atomic E-state index is 0. The molecule has 2 aromatic carbocycles. The highest BCUT2D eigenvalue weighted by Gasteiger charge is 2.26. The van der Waals surface area contributed by atoms with Crippen molar-refractivity contribution < 1.29 is 22.4 Å². The summed E-state index contributed by atoms with van der Waals surface area (Å²) in [5, 5.41) is 0. The lowest BCUT2D eigenvalue weighted by Gasteiger charge is -2.29. The third-order valence-corrected chi connectivity index (χ3v) is 4.15. The number of hydrogen-bond donors (Lipinski definition) is 2. The number of aliphatic imine (C=N–C) groups is 1. The number of nitrogens with zero attached hydrogens (tertiary/aromatic N) is 2. The minimum Gasteiger partial charge on any atom is -0.370 e. The lowest BCUT2D eigenvalue weighted by molar-refractivity contribution is 0.202. The molecule has 0 spiro atoms. The van der Waals surface area contributed by atoms with Gasteiger partial charge in [0.15, 0.2) is 17.6 Å². The average molecular weight is 382 g/mol. The second-order valence-corrected chi connectivity index (χ2v) is 5.79. The summed E-state index contributed by atoms with van der Waals surface area (Å²) in [5.74, 6) is -4.51. The van der Waals surface area contributed by atoms with Crippen molar-refractivity contribution in [3.8, 4) is 11.1 Å². The molecule has 0 unspecified atom stereocenters. The van der Waals surface area contributed by atoms with Gasteiger partial charge >= 0.3 is 6.03 Å². The van der Waals surface area contributed by atoms with Crippen molar-refractivity contribution in [3.63, 3.8) is 0 Å². The first-order valence-corrected chi connectivity index (χ1v) is 7.61. The molecule has 27 heavy (non-hydrogen) atoms. The maximum absolute atomic E-state index is 14.2. The summed E-state index contributed by atoms with van der Waals surface area (Å²) in [6.07, 6.45) is 0.145. The summed E-state index contributed by atoms with van der Waals surface area (Å²) in [5.41, 5.74) is 10.9. The Hall–Kier alpha value is -3.10. The van der Waals surface area contributed by atoms with Gasteiger partial charge in [0.05, 0.1) is 0 Å². The van der Waals surface area contributed by atoms with Crippen molar-refractivity contribution in [2.75, 3.05) is 6.54 Å².